The summed E-state index contributed by atoms with van der Waals surface area (Å²) in [6.45, 7) is 0. The molecule has 26 heavy (non-hydrogen) atoms. The maximum Gasteiger partial charge on any atom is 0.231 e. The van der Waals surface area contributed by atoms with Crippen LogP contribution in [0, 0.1) is 17.1 Å². The molecule has 1 heterocycles. The summed E-state index contributed by atoms with van der Waals surface area (Å²) in [4.78, 5) is 12.3. The lowest BCUT2D eigenvalue weighted by atomic mass is 9.83. The van der Waals surface area contributed by atoms with Crippen LogP contribution in [0.4, 0.5) is 4.39 Å². The van der Waals surface area contributed by atoms with Crippen molar-refractivity contribution in [2.24, 2.45) is 0 Å². The zero-order valence-electron chi connectivity index (χ0n) is 14.1. The molecule has 9 heteroatoms. The molecule has 7 nitrogen and oxygen atoms in total. The first kappa shape index (κ1) is 18.2. The Morgan fingerprint density at radius 3 is 2.85 bits per heavy atom. The van der Waals surface area contributed by atoms with E-state index in [1.54, 1.807) is 12.1 Å². The Kier molecular flexibility index (Phi) is 5.42. The fourth-order valence-electron chi connectivity index (χ4n) is 3.05. The number of halogens is 1. The van der Waals surface area contributed by atoms with Crippen LogP contribution in [-0.2, 0) is 4.79 Å². The third-order valence-corrected chi connectivity index (χ3v) is 5.32. The molecule has 1 fully saturated rings. The van der Waals surface area contributed by atoms with Gasteiger partial charge in [-0.1, -0.05) is 43.2 Å². The molecule has 1 saturated carbocycles. The highest BCUT2D eigenvalue weighted by atomic mass is 32.2. The number of rotatable bonds is 5. The van der Waals surface area contributed by atoms with E-state index in [-0.39, 0.29) is 11.7 Å². The Morgan fingerprint density at radius 2 is 2.15 bits per heavy atom. The predicted molar refractivity (Wildman–Crippen MR) is 95.9 cm³/mol. The lowest BCUT2D eigenvalue weighted by Crippen LogP contribution is -2.49. The van der Waals surface area contributed by atoms with Crippen LogP contribution in [0.5, 0.6) is 0 Å². The van der Waals surface area contributed by atoms with E-state index in [9.17, 15) is 14.4 Å². The third kappa shape index (κ3) is 3.96. The predicted octanol–water partition coefficient (Wildman–Crippen LogP) is 2.23. The fourth-order valence-corrected chi connectivity index (χ4v) is 3.71. The Morgan fingerprint density at radius 1 is 1.38 bits per heavy atom. The summed E-state index contributed by atoms with van der Waals surface area (Å²) in [5.74, 6) is 5.72. The van der Waals surface area contributed by atoms with Crippen molar-refractivity contribution >= 4 is 17.7 Å². The standard InChI is InChI=1S/C17H19FN6OS/c18-13-6-4-5-12(9-13)15-22-23-16(24(15)20)26-10-14(25)21-17(11-19)7-2-1-3-8-17/h4-6,9H,1-3,7-8,10,20H2,(H,21,25). The largest absolute Gasteiger partial charge is 0.337 e. The van der Waals surface area contributed by atoms with Gasteiger partial charge in [0.1, 0.15) is 11.4 Å². The van der Waals surface area contributed by atoms with Crippen LogP contribution in [0.15, 0.2) is 29.4 Å². The van der Waals surface area contributed by atoms with Gasteiger partial charge in [0.05, 0.1) is 11.8 Å². The second kappa shape index (κ2) is 7.74. The number of amides is 1. The maximum absolute atomic E-state index is 13.4. The summed E-state index contributed by atoms with van der Waals surface area (Å²) in [6.07, 6.45) is 4.32. The van der Waals surface area contributed by atoms with Gasteiger partial charge in [0.2, 0.25) is 11.1 Å². The molecule has 1 aromatic carbocycles. The van der Waals surface area contributed by atoms with E-state index >= 15 is 0 Å². The van der Waals surface area contributed by atoms with Crippen molar-refractivity contribution in [3.05, 3.63) is 30.1 Å². The summed E-state index contributed by atoms with van der Waals surface area (Å²) in [5, 5.41) is 20.5. The highest BCUT2D eigenvalue weighted by Gasteiger charge is 2.33. The van der Waals surface area contributed by atoms with Gasteiger partial charge < -0.3 is 11.2 Å². The van der Waals surface area contributed by atoms with E-state index in [1.807, 2.05) is 0 Å². The van der Waals surface area contributed by atoms with Gasteiger partial charge in [0, 0.05) is 5.56 Å². The number of carbonyl (C=O) groups is 1. The number of nitriles is 1. The van der Waals surface area contributed by atoms with Gasteiger partial charge in [0.25, 0.3) is 0 Å². The monoisotopic (exact) mass is 374 g/mol. The molecular formula is C17H19FN6OS. The minimum absolute atomic E-state index is 0.0713. The minimum atomic E-state index is -0.765. The van der Waals surface area contributed by atoms with E-state index < -0.39 is 11.4 Å². The molecule has 2 aromatic rings. The van der Waals surface area contributed by atoms with E-state index in [0.29, 0.717) is 29.4 Å². The molecule has 3 N–H and O–H groups in total. The molecule has 0 saturated heterocycles. The van der Waals surface area contributed by atoms with Gasteiger partial charge >= 0.3 is 0 Å². The van der Waals surface area contributed by atoms with Gasteiger partial charge in [-0.05, 0) is 25.0 Å². The van der Waals surface area contributed by atoms with Gasteiger partial charge in [-0.25, -0.2) is 9.07 Å². The molecule has 136 valence electrons. The molecular weight excluding hydrogens is 355 g/mol. The topological polar surface area (TPSA) is 110 Å². The molecule has 0 atom stereocenters. The number of hydrogen-bond donors (Lipinski definition) is 2. The first-order valence-electron chi connectivity index (χ1n) is 8.34. The maximum atomic E-state index is 13.4. The van der Waals surface area contributed by atoms with Gasteiger partial charge in [-0.2, -0.15) is 5.26 Å². The van der Waals surface area contributed by atoms with Gasteiger partial charge in [-0.3, -0.25) is 4.79 Å². The Labute approximate surface area is 154 Å². The molecule has 1 aromatic heterocycles. The summed E-state index contributed by atoms with van der Waals surface area (Å²) in [7, 11) is 0. The van der Waals surface area contributed by atoms with Crippen LogP contribution in [0.2, 0.25) is 0 Å². The molecule has 1 aliphatic rings. The Hall–Kier alpha value is -2.60. The molecule has 3 rings (SSSR count). The molecule has 0 radical (unpaired) electrons. The molecule has 0 unspecified atom stereocenters. The van der Waals surface area contributed by atoms with Crippen LogP contribution in [0.3, 0.4) is 0 Å². The Bertz CT molecular complexity index is 840. The number of nitrogens with one attached hydrogen (secondary N) is 1. The lowest BCUT2D eigenvalue weighted by molar-refractivity contribution is -0.120. The van der Waals surface area contributed by atoms with Crippen molar-refractivity contribution in [2.45, 2.75) is 42.8 Å². The van der Waals surface area contributed by atoms with Crippen molar-refractivity contribution in [1.29, 1.82) is 5.26 Å². The zero-order valence-corrected chi connectivity index (χ0v) is 14.9. The number of carbonyl (C=O) groups excluding carboxylic acids is 1. The summed E-state index contributed by atoms with van der Waals surface area (Å²) in [5.41, 5.74) is -0.263. The van der Waals surface area contributed by atoms with Crippen molar-refractivity contribution in [2.75, 3.05) is 11.6 Å². The van der Waals surface area contributed by atoms with Gasteiger partial charge in [0.15, 0.2) is 5.82 Å². The summed E-state index contributed by atoms with van der Waals surface area (Å²) < 4.78 is 14.6. The van der Waals surface area contributed by atoms with Gasteiger partial charge in [-0.15, -0.1) is 10.2 Å². The minimum Gasteiger partial charge on any atom is -0.337 e. The van der Waals surface area contributed by atoms with E-state index in [4.69, 9.17) is 5.84 Å². The van der Waals surface area contributed by atoms with Crippen molar-refractivity contribution < 1.29 is 9.18 Å². The zero-order chi connectivity index (χ0) is 18.6. The van der Waals surface area contributed by atoms with E-state index in [0.717, 1.165) is 31.0 Å². The van der Waals surface area contributed by atoms with Crippen LogP contribution >= 0.6 is 11.8 Å². The number of nitrogens with two attached hydrogens (primary N) is 1. The molecule has 1 amide bonds. The number of nitrogens with zero attached hydrogens (tertiary/aromatic N) is 4. The van der Waals surface area contributed by atoms with Crippen LogP contribution in [0.25, 0.3) is 11.4 Å². The highest BCUT2D eigenvalue weighted by Crippen LogP contribution is 2.28. The lowest BCUT2D eigenvalue weighted by Gasteiger charge is -2.31. The quantitative estimate of drug-likeness (QED) is 0.613. The third-order valence-electron chi connectivity index (χ3n) is 4.38. The smallest absolute Gasteiger partial charge is 0.231 e. The van der Waals surface area contributed by atoms with Crippen LogP contribution in [-0.4, -0.2) is 32.1 Å². The highest BCUT2D eigenvalue weighted by molar-refractivity contribution is 7.99. The SMILES string of the molecule is N#CC1(NC(=O)CSc2nnc(-c3cccc(F)c3)n2N)CCCCC1. The van der Waals surface area contributed by atoms with Crippen LogP contribution in [0.1, 0.15) is 32.1 Å². The number of nitrogen functional groups attached to an aromatic ring is 1. The van der Waals surface area contributed by atoms with Crippen molar-refractivity contribution in [3.63, 3.8) is 0 Å². The summed E-state index contributed by atoms with van der Waals surface area (Å²) >= 11 is 1.12. The first-order chi connectivity index (χ1) is 12.5. The second-order valence-electron chi connectivity index (χ2n) is 6.28. The average molecular weight is 374 g/mol. The first-order valence-corrected chi connectivity index (χ1v) is 9.33. The number of benzene rings is 1. The fraction of sp³-hybridized carbons (Fsp3) is 0.412. The Balaban J connectivity index is 1.63. The average Bonchev–Trinajstić information content (AvgIpc) is 3.01. The number of aromatic nitrogens is 3. The molecule has 0 bridgehead atoms. The van der Waals surface area contributed by atoms with E-state index in [1.165, 1.54) is 16.8 Å². The summed E-state index contributed by atoms with van der Waals surface area (Å²) in [6, 6.07) is 8.14. The number of thioether (sulfide) groups is 1. The van der Waals surface area contributed by atoms with Crippen molar-refractivity contribution in [3.8, 4) is 17.5 Å². The molecule has 1 aliphatic carbocycles. The molecule has 0 aliphatic heterocycles. The van der Waals surface area contributed by atoms with E-state index in [2.05, 4.69) is 21.6 Å². The second-order valence-corrected chi connectivity index (χ2v) is 7.22. The normalized spacial score (nSPS) is 16.0. The van der Waals surface area contributed by atoms with Crippen LogP contribution < -0.4 is 11.2 Å². The number of hydrogen-bond acceptors (Lipinski definition) is 6. The van der Waals surface area contributed by atoms with Crippen molar-refractivity contribution in [1.82, 2.24) is 20.2 Å². The molecule has 0 spiro atoms.